The molecule has 2 heterocycles. The molecule has 2 aromatic rings. The van der Waals surface area contributed by atoms with Crippen LogP contribution in [-0.2, 0) is 6.18 Å². The molecule has 25 heavy (non-hydrogen) atoms. The van der Waals surface area contributed by atoms with Crippen LogP contribution in [0.2, 0.25) is 0 Å². The summed E-state index contributed by atoms with van der Waals surface area (Å²) < 4.78 is 37.8. The van der Waals surface area contributed by atoms with Crippen LogP contribution in [0.3, 0.4) is 0 Å². The number of piperazine rings is 1. The number of aromatic nitrogens is 1. The number of rotatable bonds is 4. The van der Waals surface area contributed by atoms with Crippen molar-refractivity contribution in [3.63, 3.8) is 0 Å². The third-order valence-corrected chi connectivity index (χ3v) is 4.44. The van der Waals surface area contributed by atoms with Crippen LogP contribution in [0.15, 0.2) is 48.7 Å². The molecule has 1 fully saturated rings. The molecule has 132 valence electrons. The molecule has 0 spiro atoms. The van der Waals surface area contributed by atoms with Crippen LogP contribution in [0.5, 0.6) is 0 Å². The van der Waals surface area contributed by atoms with Crippen molar-refractivity contribution in [1.82, 2.24) is 0 Å². The SMILES string of the molecule is O=C(C[NH+]1CCN(c2ccc(C(F)(F)F)c[nH+]2)CC1)c1ccccc1. The topological polar surface area (TPSA) is 38.9 Å². The quantitative estimate of drug-likeness (QED) is 0.838. The molecule has 0 unspecified atom stereocenters. The second kappa shape index (κ2) is 7.23. The number of hydrogen-bond donors (Lipinski definition) is 1. The Morgan fingerprint density at radius 1 is 1.08 bits per heavy atom. The largest absolute Gasteiger partial charge is 0.419 e. The lowest BCUT2D eigenvalue weighted by Gasteiger charge is -2.28. The number of halogens is 3. The standard InChI is InChI=1S/C18H18F3N3O/c19-18(20,21)15-6-7-17(22-12-15)24-10-8-23(9-11-24)13-16(25)14-4-2-1-3-5-14/h1-7,12H,8-11,13H2/p+2. The van der Waals surface area contributed by atoms with Crippen molar-refractivity contribution < 1.29 is 27.8 Å². The first-order valence-corrected chi connectivity index (χ1v) is 8.19. The van der Waals surface area contributed by atoms with Crippen LogP contribution in [0.25, 0.3) is 0 Å². The molecule has 0 amide bonds. The van der Waals surface area contributed by atoms with Crippen LogP contribution < -0.4 is 14.8 Å². The number of H-pyrrole nitrogens is 1. The molecule has 0 bridgehead atoms. The lowest BCUT2D eigenvalue weighted by atomic mass is 10.1. The predicted octanol–water partition coefficient (Wildman–Crippen LogP) is 1.11. The smallest absolute Gasteiger partial charge is 0.322 e. The molecule has 1 aliphatic heterocycles. The fraction of sp³-hybridized carbons (Fsp3) is 0.333. The average Bonchev–Trinajstić information content (AvgIpc) is 2.62. The number of pyridine rings is 1. The zero-order valence-corrected chi connectivity index (χ0v) is 13.6. The lowest BCUT2D eigenvalue weighted by Crippen LogP contribution is -3.15. The number of hydrogen-bond acceptors (Lipinski definition) is 2. The van der Waals surface area contributed by atoms with E-state index in [4.69, 9.17) is 0 Å². The molecular weight excluding hydrogens is 331 g/mol. The van der Waals surface area contributed by atoms with E-state index in [0.717, 1.165) is 25.4 Å². The number of alkyl halides is 3. The third-order valence-electron chi connectivity index (χ3n) is 4.44. The normalized spacial score (nSPS) is 16.0. The Kier molecular flexibility index (Phi) is 5.03. The van der Waals surface area contributed by atoms with Gasteiger partial charge in [-0.25, -0.2) is 4.98 Å². The molecule has 1 saturated heterocycles. The summed E-state index contributed by atoms with van der Waals surface area (Å²) in [7, 11) is 0. The zero-order valence-electron chi connectivity index (χ0n) is 13.6. The minimum absolute atomic E-state index is 0.116. The van der Waals surface area contributed by atoms with E-state index in [-0.39, 0.29) is 5.78 Å². The van der Waals surface area contributed by atoms with Crippen LogP contribution in [-0.4, -0.2) is 38.5 Å². The molecule has 0 aliphatic carbocycles. The number of quaternary nitrogens is 1. The van der Waals surface area contributed by atoms with E-state index in [9.17, 15) is 18.0 Å². The number of benzene rings is 1. The van der Waals surface area contributed by atoms with Gasteiger partial charge in [-0.15, -0.1) is 0 Å². The Morgan fingerprint density at radius 2 is 1.76 bits per heavy atom. The number of ketones is 1. The first-order valence-electron chi connectivity index (χ1n) is 8.19. The Balaban J connectivity index is 1.54. The number of aromatic amines is 1. The van der Waals surface area contributed by atoms with Gasteiger partial charge in [0.2, 0.25) is 5.78 Å². The Bertz CT molecular complexity index is 709. The van der Waals surface area contributed by atoms with Gasteiger partial charge >= 0.3 is 6.18 Å². The van der Waals surface area contributed by atoms with Crippen LogP contribution in [0.4, 0.5) is 19.0 Å². The van der Waals surface area contributed by atoms with E-state index in [1.807, 2.05) is 35.2 Å². The van der Waals surface area contributed by atoms with E-state index in [1.54, 1.807) is 0 Å². The minimum atomic E-state index is -4.34. The van der Waals surface area contributed by atoms with Crippen LogP contribution in [0.1, 0.15) is 15.9 Å². The maximum Gasteiger partial charge on any atom is 0.419 e. The number of carbonyl (C=O) groups is 1. The summed E-state index contributed by atoms with van der Waals surface area (Å²) >= 11 is 0. The molecule has 0 atom stereocenters. The van der Waals surface area contributed by atoms with Crippen LogP contribution >= 0.6 is 0 Å². The van der Waals surface area contributed by atoms with Crippen LogP contribution in [0, 0.1) is 0 Å². The molecule has 7 heteroatoms. The van der Waals surface area contributed by atoms with Crippen molar-refractivity contribution in [3.8, 4) is 0 Å². The highest BCUT2D eigenvalue weighted by atomic mass is 19.4. The van der Waals surface area contributed by atoms with E-state index >= 15 is 0 Å². The average molecular weight is 351 g/mol. The van der Waals surface area contributed by atoms with Gasteiger partial charge in [0.05, 0.1) is 5.56 Å². The summed E-state index contributed by atoms with van der Waals surface area (Å²) in [6, 6.07) is 11.8. The van der Waals surface area contributed by atoms with Gasteiger partial charge < -0.3 is 4.90 Å². The summed E-state index contributed by atoms with van der Waals surface area (Å²) in [6.07, 6.45) is -3.34. The summed E-state index contributed by atoms with van der Waals surface area (Å²) in [5.74, 6) is 0.784. The third kappa shape index (κ3) is 4.36. The van der Waals surface area contributed by atoms with Gasteiger partial charge in [-0.3, -0.25) is 9.69 Å². The van der Waals surface area contributed by atoms with E-state index in [0.29, 0.717) is 31.0 Å². The highest BCUT2D eigenvalue weighted by molar-refractivity contribution is 5.96. The highest BCUT2D eigenvalue weighted by Gasteiger charge is 2.33. The molecule has 0 saturated carbocycles. The van der Waals surface area contributed by atoms with Crippen molar-refractivity contribution in [2.24, 2.45) is 0 Å². The van der Waals surface area contributed by atoms with E-state index < -0.39 is 11.7 Å². The first-order chi connectivity index (χ1) is 11.9. The molecule has 1 aliphatic rings. The Hall–Kier alpha value is -2.41. The summed E-state index contributed by atoms with van der Waals surface area (Å²) in [6.45, 7) is 3.37. The van der Waals surface area contributed by atoms with Crippen molar-refractivity contribution >= 4 is 11.6 Å². The number of anilines is 1. The number of Topliss-reactive ketones (excluding diaryl/α,β-unsaturated/α-hetero) is 1. The van der Waals surface area contributed by atoms with Crippen molar-refractivity contribution in [3.05, 3.63) is 59.8 Å². The molecule has 1 aromatic carbocycles. The summed E-state index contributed by atoms with van der Waals surface area (Å²) in [4.78, 5) is 18.2. The van der Waals surface area contributed by atoms with Gasteiger partial charge in [-0.2, -0.15) is 13.2 Å². The number of nitrogens with zero attached hydrogens (tertiary/aromatic N) is 1. The van der Waals surface area contributed by atoms with Crippen molar-refractivity contribution in [2.75, 3.05) is 37.6 Å². The monoisotopic (exact) mass is 351 g/mol. The van der Waals surface area contributed by atoms with Gasteiger partial charge in [-0.05, 0) is 6.07 Å². The molecule has 4 nitrogen and oxygen atoms in total. The zero-order chi connectivity index (χ0) is 17.9. The highest BCUT2D eigenvalue weighted by Crippen LogP contribution is 2.28. The van der Waals surface area contributed by atoms with Gasteiger partial charge in [0.15, 0.2) is 0 Å². The molecule has 0 radical (unpaired) electrons. The number of nitrogens with one attached hydrogen (secondary N) is 2. The van der Waals surface area contributed by atoms with Gasteiger partial charge in [-0.1, -0.05) is 30.3 Å². The summed E-state index contributed by atoms with van der Waals surface area (Å²) in [5, 5.41) is 0. The van der Waals surface area contributed by atoms with Crippen molar-refractivity contribution in [2.45, 2.75) is 6.18 Å². The van der Waals surface area contributed by atoms with Gasteiger partial charge in [0.25, 0.3) is 5.82 Å². The molecule has 3 rings (SSSR count). The maximum absolute atomic E-state index is 12.6. The fourth-order valence-corrected chi connectivity index (χ4v) is 2.98. The fourth-order valence-electron chi connectivity index (χ4n) is 2.98. The molecule has 2 N–H and O–H groups in total. The van der Waals surface area contributed by atoms with Gasteiger partial charge in [0.1, 0.15) is 38.9 Å². The lowest BCUT2D eigenvalue weighted by molar-refractivity contribution is -0.892. The van der Waals surface area contributed by atoms with Gasteiger partial charge in [0, 0.05) is 11.6 Å². The van der Waals surface area contributed by atoms with E-state index in [1.165, 1.54) is 11.0 Å². The molecule has 1 aromatic heterocycles. The van der Waals surface area contributed by atoms with E-state index in [2.05, 4.69) is 4.98 Å². The maximum atomic E-state index is 12.6. The second-order valence-corrected chi connectivity index (χ2v) is 6.16. The second-order valence-electron chi connectivity index (χ2n) is 6.16. The number of carbonyl (C=O) groups excluding carboxylic acids is 1. The minimum Gasteiger partial charge on any atom is -0.322 e. The molecular formula is C18H20F3N3O+2. The Labute approximate surface area is 143 Å². The first kappa shape index (κ1) is 17.4. The summed E-state index contributed by atoms with van der Waals surface area (Å²) in [5.41, 5.74) is 0.0301. The Morgan fingerprint density at radius 3 is 2.32 bits per heavy atom. The predicted molar refractivity (Wildman–Crippen MR) is 86.5 cm³/mol. The van der Waals surface area contributed by atoms with Crippen molar-refractivity contribution in [1.29, 1.82) is 0 Å².